The molecule has 3 saturated carbocycles. The maximum absolute atomic E-state index is 2.77. The van der Waals surface area contributed by atoms with Crippen LogP contribution < -0.4 is 0 Å². The fourth-order valence-electron chi connectivity index (χ4n) is 9.90. The number of rotatable bonds is 8. The molecule has 3 fully saturated rings. The molecule has 0 aromatic carbocycles. The molecule has 0 N–H and O–H groups in total. The second-order valence-electron chi connectivity index (χ2n) is 13.7. The van der Waals surface area contributed by atoms with E-state index in [1.54, 1.807) is 0 Å². The Kier molecular flexibility index (Phi) is 7.47. The third-order valence-corrected chi connectivity index (χ3v) is 11.6. The summed E-state index contributed by atoms with van der Waals surface area (Å²) in [5.41, 5.74) is 1.75. The van der Waals surface area contributed by atoms with E-state index >= 15 is 0 Å². The van der Waals surface area contributed by atoms with Crippen LogP contribution in [0.25, 0.3) is 0 Å². The summed E-state index contributed by atoms with van der Waals surface area (Å²) in [6.07, 6.45) is 16.2. The van der Waals surface area contributed by atoms with Gasteiger partial charge in [-0.25, -0.2) is 0 Å². The Morgan fingerprint density at radius 3 is 2.00 bits per heavy atom. The molecule has 0 aromatic heterocycles. The molecule has 0 aromatic rings. The van der Waals surface area contributed by atoms with E-state index in [9.17, 15) is 0 Å². The molecule has 0 saturated heterocycles. The molecule has 0 nitrogen and oxygen atoms in total. The van der Waals surface area contributed by atoms with Crippen LogP contribution >= 0.6 is 0 Å². The summed E-state index contributed by atoms with van der Waals surface area (Å²) in [5.74, 6) is 6.50. The van der Waals surface area contributed by atoms with Crippen LogP contribution in [-0.4, -0.2) is 0 Å². The lowest BCUT2D eigenvalue weighted by molar-refractivity contribution is -0.156. The van der Waals surface area contributed by atoms with Gasteiger partial charge < -0.3 is 0 Å². The summed E-state index contributed by atoms with van der Waals surface area (Å²) < 4.78 is 0. The van der Waals surface area contributed by atoms with Crippen molar-refractivity contribution in [1.82, 2.24) is 0 Å². The molecular formula is C30H56. The zero-order valence-corrected chi connectivity index (χ0v) is 22.3. The SMILES string of the molecule is CCC[C@@]1(C)[C@H](C(C)C)CC[C@@H]2[C@@H]1CC[C@]1(C)[C@@H]([C@H](C)CCCC(C)C)CC[C@@]21C. The predicted molar refractivity (Wildman–Crippen MR) is 134 cm³/mol. The van der Waals surface area contributed by atoms with Crippen molar-refractivity contribution in [1.29, 1.82) is 0 Å². The summed E-state index contributed by atoms with van der Waals surface area (Å²) in [5, 5.41) is 0. The van der Waals surface area contributed by atoms with E-state index in [0.29, 0.717) is 16.2 Å². The zero-order valence-electron chi connectivity index (χ0n) is 22.3. The van der Waals surface area contributed by atoms with Crippen LogP contribution in [0.5, 0.6) is 0 Å². The van der Waals surface area contributed by atoms with Gasteiger partial charge in [0, 0.05) is 0 Å². The molecule has 0 aliphatic heterocycles. The van der Waals surface area contributed by atoms with Crippen LogP contribution in [-0.2, 0) is 0 Å². The smallest absolute Gasteiger partial charge is 0.0238 e. The molecule has 3 aliphatic rings. The van der Waals surface area contributed by atoms with Crippen molar-refractivity contribution in [2.45, 2.75) is 133 Å². The number of hydrogen-bond acceptors (Lipinski definition) is 0. The van der Waals surface area contributed by atoms with Gasteiger partial charge >= 0.3 is 0 Å². The topological polar surface area (TPSA) is 0 Å². The lowest BCUT2D eigenvalue weighted by atomic mass is 9.40. The molecule has 0 unspecified atom stereocenters. The van der Waals surface area contributed by atoms with Crippen molar-refractivity contribution in [2.75, 3.05) is 0 Å². The average molecular weight is 417 g/mol. The first-order valence-electron chi connectivity index (χ1n) is 14.0. The normalized spacial score (nSPS) is 44.9. The first kappa shape index (κ1) is 24.6. The molecule has 0 heterocycles. The molecule has 0 radical (unpaired) electrons. The largest absolute Gasteiger partial charge is 0.0654 e. The number of hydrogen-bond donors (Lipinski definition) is 0. The first-order chi connectivity index (χ1) is 14.0. The van der Waals surface area contributed by atoms with Gasteiger partial charge in [-0.05, 0) is 103 Å². The van der Waals surface area contributed by atoms with Gasteiger partial charge in [-0.3, -0.25) is 0 Å². The summed E-state index contributed by atoms with van der Waals surface area (Å²) in [6.45, 7) is 23.1. The van der Waals surface area contributed by atoms with Gasteiger partial charge in [0.2, 0.25) is 0 Å². The lowest BCUT2D eigenvalue weighted by Crippen LogP contribution is -2.57. The van der Waals surface area contributed by atoms with E-state index in [4.69, 9.17) is 0 Å². The second kappa shape index (κ2) is 9.09. The molecular weight excluding hydrogens is 360 g/mol. The van der Waals surface area contributed by atoms with Crippen molar-refractivity contribution in [3.63, 3.8) is 0 Å². The quantitative estimate of drug-likeness (QED) is 0.369. The third kappa shape index (κ3) is 3.94. The minimum Gasteiger partial charge on any atom is -0.0654 e. The molecule has 0 bridgehead atoms. The van der Waals surface area contributed by atoms with Gasteiger partial charge in [0.05, 0.1) is 0 Å². The summed E-state index contributed by atoms with van der Waals surface area (Å²) in [4.78, 5) is 0. The Labute approximate surface area is 190 Å². The zero-order chi connectivity index (χ0) is 22.3. The molecule has 0 spiro atoms. The fraction of sp³-hybridized carbons (Fsp3) is 1.00. The van der Waals surface area contributed by atoms with Crippen LogP contribution in [0.1, 0.15) is 133 Å². The van der Waals surface area contributed by atoms with Crippen molar-refractivity contribution in [3.05, 3.63) is 0 Å². The highest BCUT2D eigenvalue weighted by atomic mass is 14.7. The highest BCUT2D eigenvalue weighted by molar-refractivity contribution is 5.14. The predicted octanol–water partition coefficient (Wildman–Crippen LogP) is 9.77. The van der Waals surface area contributed by atoms with E-state index < -0.39 is 0 Å². The van der Waals surface area contributed by atoms with Gasteiger partial charge in [-0.15, -0.1) is 0 Å². The molecule has 3 rings (SSSR count). The second-order valence-corrected chi connectivity index (χ2v) is 13.7. The monoisotopic (exact) mass is 416 g/mol. The first-order valence-corrected chi connectivity index (χ1v) is 14.0. The van der Waals surface area contributed by atoms with Crippen molar-refractivity contribution in [2.24, 2.45) is 57.7 Å². The third-order valence-electron chi connectivity index (χ3n) is 11.6. The van der Waals surface area contributed by atoms with Gasteiger partial charge in [-0.2, -0.15) is 0 Å². The van der Waals surface area contributed by atoms with Gasteiger partial charge in [0.15, 0.2) is 0 Å². The van der Waals surface area contributed by atoms with Gasteiger partial charge in [-0.1, -0.05) is 88.0 Å². The van der Waals surface area contributed by atoms with E-state index in [2.05, 4.69) is 62.3 Å². The van der Waals surface area contributed by atoms with Gasteiger partial charge in [0.1, 0.15) is 0 Å². The van der Waals surface area contributed by atoms with Crippen molar-refractivity contribution < 1.29 is 0 Å². The Morgan fingerprint density at radius 1 is 0.733 bits per heavy atom. The van der Waals surface area contributed by atoms with Crippen molar-refractivity contribution >= 4 is 0 Å². The average Bonchev–Trinajstić information content (AvgIpc) is 2.93. The maximum Gasteiger partial charge on any atom is -0.0238 e. The summed E-state index contributed by atoms with van der Waals surface area (Å²) in [6, 6.07) is 0. The molecule has 3 aliphatic carbocycles. The van der Waals surface area contributed by atoms with Crippen LogP contribution in [0.4, 0.5) is 0 Å². The number of fused-ring (bicyclic) bond motifs is 3. The minimum absolute atomic E-state index is 0.580. The molecule has 0 amide bonds. The van der Waals surface area contributed by atoms with Crippen molar-refractivity contribution in [3.8, 4) is 0 Å². The van der Waals surface area contributed by atoms with Crippen LogP contribution in [0, 0.1) is 57.7 Å². The Balaban J connectivity index is 1.82. The van der Waals surface area contributed by atoms with Crippen LogP contribution in [0.2, 0.25) is 0 Å². The highest BCUT2D eigenvalue weighted by Crippen LogP contribution is 2.73. The lowest BCUT2D eigenvalue weighted by Gasteiger charge is -2.64. The summed E-state index contributed by atoms with van der Waals surface area (Å²) >= 11 is 0. The minimum atomic E-state index is 0.580. The Bertz CT molecular complexity index is 560. The molecule has 8 atom stereocenters. The van der Waals surface area contributed by atoms with E-state index in [1.165, 1.54) is 70.6 Å². The Hall–Kier alpha value is 0. The van der Waals surface area contributed by atoms with E-state index in [-0.39, 0.29) is 0 Å². The van der Waals surface area contributed by atoms with E-state index in [0.717, 1.165) is 41.4 Å². The van der Waals surface area contributed by atoms with Gasteiger partial charge in [0.25, 0.3) is 0 Å². The van der Waals surface area contributed by atoms with Crippen LogP contribution in [0.3, 0.4) is 0 Å². The highest BCUT2D eigenvalue weighted by Gasteiger charge is 2.65. The molecule has 30 heavy (non-hydrogen) atoms. The van der Waals surface area contributed by atoms with Crippen LogP contribution in [0.15, 0.2) is 0 Å². The van der Waals surface area contributed by atoms with E-state index in [1.807, 2.05) is 0 Å². The fourth-order valence-corrected chi connectivity index (χ4v) is 9.90. The molecule has 176 valence electrons. The Morgan fingerprint density at radius 2 is 1.40 bits per heavy atom. The molecule has 0 heteroatoms. The standard InChI is InChI=1S/C30H56/c1-10-18-28(7)24(22(4)5)14-15-27-26(28)17-20-29(8)25(16-19-30(27,29)9)23(6)13-11-12-21(2)3/h21-27H,10-20H2,1-9H3/t23-,24+,25-,26+,27-,28+,29-,30+/m1/s1. The summed E-state index contributed by atoms with van der Waals surface area (Å²) in [7, 11) is 0. The maximum atomic E-state index is 2.77.